The second-order valence-corrected chi connectivity index (χ2v) is 5.66. The first kappa shape index (κ1) is 15.6. The summed E-state index contributed by atoms with van der Waals surface area (Å²) in [7, 11) is 1.72. The first-order valence-electron chi connectivity index (χ1n) is 7.71. The van der Waals surface area contributed by atoms with Crippen LogP contribution < -0.4 is 0 Å². The van der Waals surface area contributed by atoms with Gasteiger partial charge >= 0.3 is 0 Å². The van der Waals surface area contributed by atoms with E-state index in [1.807, 2.05) is 24.3 Å². The molecule has 1 aromatic heterocycles. The number of hydrogen-bond acceptors (Lipinski definition) is 3. The molecule has 23 heavy (non-hydrogen) atoms. The highest BCUT2D eigenvalue weighted by molar-refractivity contribution is 5.81. The third-order valence-electron chi connectivity index (χ3n) is 4.07. The molecule has 2 atom stereocenters. The van der Waals surface area contributed by atoms with E-state index < -0.39 is 12.1 Å². The number of halogens is 1. The highest BCUT2D eigenvalue weighted by Crippen LogP contribution is 2.28. The van der Waals surface area contributed by atoms with Gasteiger partial charge in [-0.3, -0.25) is 9.78 Å². The average molecular weight is 314 g/mol. The topological polar surface area (TPSA) is 42.4 Å². The van der Waals surface area contributed by atoms with Crippen LogP contribution in [-0.2, 0) is 9.53 Å². The Bertz CT molecular complexity index is 672. The lowest BCUT2D eigenvalue weighted by Gasteiger charge is -2.30. The van der Waals surface area contributed by atoms with Gasteiger partial charge in [0.2, 0.25) is 0 Å². The SMILES string of the molecule is CN(C(=O)[C@@H]1CCCO1)[C@H](c1cccc(F)c1)c1ccccn1. The number of hydrogen-bond donors (Lipinski definition) is 0. The zero-order chi connectivity index (χ0) is 16.2. The predicted octanol–water partition coefficient (Wildman–Crippen LogP) is 2.95. The van der Waals surface area contributed by atoms with E-state index in [4.69, 9.17) is 4.74 Å². The normalized spacial score (nSPS) is 18.6. The maximum Gasteiger partial charge on any atom is 0.252 e. The third-order valence-corrected chi connectivity index (χ3v) is 4.07. The van der Waals surface area contributed by atoms with Crippen molar-refractivity contribution in [3.63, 3.8) is 0 Å². The quantitative estimate of drug-likeness (QED) is 0.871. The fourth-order valence-corrected chi connectivity index (χ4v) is 2.93. The fourth-order valence-electron chi connectivity index (χ4n) is 2.93. The molecule has 5 heteroatoms. The lowest BCUT2D eigenvalue weighted by atomic mass is 10.0. The van der Waals surface area contributed by atoms with Crippen molar-refractivity contribution in [1.29, 1.82) is 0 Å². The minimum atomic E-state index is -0.441. The van der Waals surface area contributed by atoms with Crippen LogP contribution >= 0.6 is 0 Å². The van der Waals surface area contributed by atoms with Crippen LogP contribution in [-0.4, -0.2) is 35.5 Å². The number of carbonyl (C=O) groups excluding carboxylic acids is 1. The van der Waals surface area contributed by atoms with E-state index in [2.05, 4.69) is 4.98 Å². The van der Waals surface area contributed by atoms with Gasteiger partial charge in [-0.25, -0.2) is 4.39 Å². The van der Waals surface area contributed by atoms with Crippen molar-refractivity contribution < 1.29 is 13.9 Å². The van der Waals surface area contributed by atoms with Crippen LogP contribution in [0.25, 0.3) is 0 Å². The summed E-state index contributed by atoms with van der Waals surface area (Å²) in [6.07, 6.45) is 2.87. The van der Waals surface area contributed by atoms with Crippen molar-refractivity contribution >= 4 is 5.91 Å². The molecule has 0 unspecified atom stereocenters. The molecule has 120 valence electrons. The van der Waals surface area contributed by atoms with Crippen molar-refractivity contribution in [3.05, 3.63) is 65.7 Å². The molecule has 0 saturated carbocycles. The molecule has 4 nitrogen and oxygen atoms in total. The molecule has 0 spiro atoms. The molecule has 1 fully saturated rings. The van der Waals surface area contributed by atoms with Gasteiger partial charge in [-0.15, -0.1) is 0 Å². The van der Waals surface area contributed by atoms with Crippen molar-refractivity contribution in [1.82, 2.24) is 9.88 Å². The molecule has 0 bridgehead atoms. The molecular weight excluding hydrogens is 295 g/mol. The standard InChI is InChI=1S/C18H19FN2O2/c1-21(18(22)16-9-5-11-23-16)17(15-8-2-3-10-20-15)13-6-4-7-14(19)12-13/h2-4,6-8,10,12,16-17H,5,9,11H2,1H3/t16-,17+/m0/s1. The number of pyridine rings is 1. The van der Waals surface area contributed by atoms with Crippen LogP contribution in [0.2, 0.25) is 0 Å². The molecular formula is C18H19FN2O2. The Balaban J connectivity index is 1.96. The van der Waals surface area contributed by atoms with E-state index in [9.17, 15) is 9.18 Å². The van der Waals surface area contributed by atoms with Crippen LogP contribution in [0.1, 0.15) is 30.1 Å². The lowest BCUT2D eigenvalue weighted by molar-refractivity contribution is -0.141. The third kappa shape index (κ3) is 3.40. The van der Waals surface area contributed by atoms with Gasteiger partial charge in [0.1, 0.15) is 11.9 Å². The molecule has 1 aliphatic heterocycles. The zero-order valence-corrected chi connectivity index (χ0v) is 13.0. The average Bonchev–Trinajstić information content (AvgIpc) is 3.10. The number of nitrogens with zero attached hydrogens (tertiary/aromatic N) is 2. The lowest BCUT2D eigenvalue weighted by Crippen LogP contribution is -2.39. The van der Waals surface area contributed by atoms with E-state index in [0.717, 1.165) is 12.8 Å². The van der Waals surface area contributed by atoms with Crippen LogP contribution in [0, 0.1) is 5.82 Å². The number of amides is 1. The van der Waals surface area contributed by atoms with Crippen molar-refractivity contribution in [3.8, 4) is 0 Å². The number of likely N-dealkylation sites (N-methyl/N-ethyl adjacent to an activating group) is 1. The Labute approximate surface area is 134 Å². The second kappa shape index (κ2) is 6.87. The van der Waals surface area contributed by atoms with Gasteiger partial charge in [0.25, 0.3) is 5.91 Å². The first-order valence-corrected chi connectivity index (χ1v) is 7.71. The summed E-state index contributed by atoms with van der Waals surface area (Å²) in [5.41, 5.74) is 1.39. The number of ether oxygens (including phenoxy) is 1. The van der Waals surface area contributed by atoms with E-state index in [1.54, 1.807) is 24.2 Å². The summed E-state index contributed by atoms with van der Waals surface area (Å²) in [6.45, 7) is 0.610. The van der Waals surface area contributed by atoms with Crippen molar-refractivity contribution in [2.45, 2.75) is 25.0 Å². The minimum absolute atomic E-state index is 0.0950. The molecule has 3 rings (SSSR count). The van der Waals surface area contributed by atoms with Gasteiger partial charge < -0.3 is 9.64 Å². The molecule has 0 radical (unpaired) electrons. The molecule has 2 heterocycles. The first-order chi connectivity index (χ1) is 11.2. The molecule has 0 N–H and O–H groups in total. The summed E-state index contributed by atoms with van der Waals surface area (Å²) in [6, 6.07) is 11.4. The van der Waals surface area contributed by atoms with Gasteiger partial charge in [0.05, 0.1) is 11.7 Å². The molecule has 1 aromatic carbocycles. The molecule has 0 aliphatic carbocycles. The van der Waals surface area contributed by atoms with Crippen LogP contribution in [0.5, 0.6) is 0 Å². The van der Waals surface area contributed by atoms with Gasteiger partial charge in [-0.2, -0.15) is 0 Å². The van der Waals surface area contributed by atoms with E-state index in [-0.39, 0.29) is 11.7 Å². The monoisotopic (exact) mass is 314 g/mol. The van der Waals surface area contributed by atoms with Gasteiger partial charge in [-0.05, 0) is 42.7 Å². The Morgan fingerprint density at radius 2 is 2.22 bits per heavy atom. The Morgan fingerprint density at radius 1 is 1.35 bits per heavy atom. The fraction of sp³-hybridized carbons (Fsp3) is 0.333. The summed E-state index contributed by atoms with van der Waals surface area (Å²) in [4.78, 5) is 18.7. The number of benzene rings is 1. The van der Waals surface area contributed by atoms with Crippen molar-refractivity contribution in [2.24, 2.45) is 0 Å². The van der Waals surface area contributed by atoms with Gasteiger partial charge in [0.15, 0.2) is 0 Å². The van der Waals surface area contributed by atoms with Crippen LogP contribution in [0.3, 0.4) is 0 Å². The molecule has 1 aliphatic rings. The van der Waals surface area contributed by atoms with E-state index in [1.165, 1.54) is 12.1 Å². The highest BCUT2D eigenvalue weighted by Gasteiger charge is 2.32. The van der Waals surface area contributed by atoms with E-state index >= 15 is 0 Å². The zero-order valence-electron chi connectivity index (χ0n) is 13.0. The summed E-state index contributed by atoms with van der Waals surface area (Å²) >= 11 is 0. The summed E-state index contributed by atoms with van der Waals surface area (Å²) in [5.74, 6) is -0.427. The molecule has 1 amide bonds. The highest BCUT2D eigenvalue weighted by atomic mass is 19.1. The number of carbonyl (C=O) groups is 1. The number of aromatic nitrogens is 1. The van der Waals surface area contributed by atoms with Crippen molar-refractivity contribution in [2.75, 3.05) is 13.7 Å². The minimum Gasteiger partial charge on any atom is -0.368 e. The smallest absolute Gasteiger partial charge is 0.252 e. The van der Waals surface area contributed by atoms with E-state index in [0.29, 0.717) is 17.9 Å². The maximum atomic E-state index is 13.7. The summed E-state index contributed by atoms with van der Waals surface area (Å²) in [5, 5.41) is 0. The maximum absolute atomic E-state index is 13.7. The molecule has 2 aromatic rings. The Hall–Kier alpha value is -2.27. The second-order valence-electron chi connectivity index (χ2n) is 5.66. The van der Waals surface area contributed by atoms with Gasteiger partial charge in [-0.1, -0.05) is 18.2 Å². The van der Waals surface area contributed by atoms with Crippen LogP contribution in [0.15, 0.2) is 48.7 Å². The predicted molar refractivity (Wildman–Crippen MR) is 84.2 cm³/mol. The van der Waals surface area contributed by atoms with Gasteiger partial charge in [0, 0.05) is 19.9 Å². The largest absolute Gasteiger partial charge is 0.368 e. The number of rotatable bonds is 4. The Morgan fingerprint density at radius 3 is 2.87 bits per heavy atom. The molecule has 1 saturated heterocycles. The Kier molecular flexibility index (Phi) is 4.67. The van der Waals surface area contributed by atoms with Crippen LogP contribution in [0.4, 0.5) is 4.39 Å². The summed E-state index contributed by atoms with van der Waals surface area (Å²) < 4.78 is 19.2.